The Kier molecular flexibility index (Phi) is 3.94. The smallest absolute Gasteiger partial charge is 0.00952 e. The van der Waals surface area contributed by atoms with E-state index in [9.17, 15) is 0 Å². The minimum atomic E-state index is 0.608. The first-order valence-corrected chi connectivity index (χ1v) is 7.33. The van der Waals surface area contributed by atoms with Gasteiger partial charge in [0.25, 0.3) is 0 Å². The van der Waals surface area contributed by atoms with E-state index in [0.717, 1.165) is 18.0 Å². The minimum absolute atomic E-state index is 0.608. The van der Waals surface area contributed by atoms with Gasteiger partial charge in [0.05, 0.1) is 0 Å². The molecule has 94 valence electrons. The zero-order valence-corrected chi connectivity index (χ0v) is 11.4. The molecule has 1 N–H and O–H groups in total. The van der Waals surface area contributed by atoms with E-state index >= 15 is 0 Å². The summed E-state index contributed by atoms with van der Waals surface area (Å²) in [4.78, 5) is 0. The van der Waals surface area contributed by atoms with Crippen molar-refractivity contribution in [2.24, 2.45) is 11.3 Å². The van der Waals surface area contributed by atoms with Crippen LogP contribution in [0.3, 0.4) is 0 Å². The van der Waals surface area contributed by atoms with E-state index in [-0.39, 0.29) is 0 Å². The zero-order chi connectivity index (χ0) is 11.6. The highest BCUT2D eigenvalue weighted by Gasteiger charge is 2.29. The summed E-state index contributed by atoms with van der Waals surface area (Å²) in [6.45, 7) is 7.28. The summed E-state index contributed by atoms with van der Waals surface area (Å²) in [7, 11) is 0. The van der Waals surface area contributed by atoms with Gasteiger partial charge in [-0.05, 0) is 49.9 Å². The van der Waals surface area contributed by atoms with E-state index in [0.29, 0.717) is 5.41 Å². The van der Waals surface area contributed by atoms with Crippen LogP contribution < -0.4 is 5.32 Å². The molecule has 0 aromatic carbocycles. The number of nitrogens with one attached hydrogen (secondary N) is 1. The Morgan fingerprint density at radius 3 is 2.19 bits per heavy atom. The van der Waals surface area contributed by atoms with Crippen LogP contribution in [0, 0.1) is 11.3 Å². The van der Waals surface area contributed by atoms with E-state index in [4.69, 9.17) is 0 Å². The van der Waals surface area contributed by atoms with Crippen molar-refractivity contribution in [3.05, 3.63) is 0 Å². The Hall–Kier alpha value is -0.0400. The zero-order valence-electron chi connectivity index (χ0n) is 11.4. The van der Waals surface area contributed by atoms with E-state index in [1.807, 2.05) is 0 Å². The molecule has 2 rings (SSSR count). The molecule has 1 heteroatoms. The van der Waals surface area contributed by atoms with Crippen molar-refractivity contribution in [2.45, 2.75) is 84.2 Å². The molecule has 0 bridgehead atoms. The van der Waals surface area contributed by atoms with Gasteiger partial charge in [-0.3, -0.25) is 0 Å². The molecule has 2 unspecified atom stereocenters. The maximum Gasteiger partial charge on any atom is 0.00952 e. The van der Waals surface area contributed by atoms with Gasteiger partial charge in [0, 0.05) is 12.1 Å². The Labute approximate surface area is 101 Å². The molecule has 0 saturated heterocycles. The largest absolute Gasteiger partial charge is 0.311 e. The third-order valence-corrected chi connectivity index (χ3v) is 4.90. The average Bonchev–Trinajstić information content (AvgIpc) is 2.24. The second-order valence-corrected chi connectivity index (χ2v) is 6.97. The Morgan fingerprint density at radius 1 is 0.938 bits per heavy atom. The highest BCUT2D eigenvalue weighted by atomic mass is 15.0. The second kappa shape index (κ2) is 5.08. The predicted molar refractivity (Wildman–Crippen MR) is 70.6 cm³/mol. The maximum absolute atomic E-state index is 3.95. The summed E-state index contributed by atoms with van der Waals surface area (Å²) < 4.78 is 0. The molecule has 0 amide bonds. The summed E-state index contributed by atoms with van der Waals surface area (Å²) >= 11 is 0. The maximum atomic E-state index is 3.95. The molecule has 0 aliphatic heterocycles. The molecule has 2 fully saturated rings. The van der Waals surface area contributed by atoms with Crippen LogP contribution in [0.15, 0.2) is 0 Å². The predicted octanol–water partition coefficient (Wildman–Crippen LogP) is 4.12. The number of hydrogen-bond donors (Lipinski definition) is 1. The lowest BCUT2D eigenvalue weighted by molar-refractivity contribution is 0.174. The first kappa shape index (κ1) is 12.4. The van der Waals surface area contributed by atoms with Gasteiger partial charge in [-0.2, -0.15) is 0 Å². The van der Waals surface area contributed by atoms with Crippen molar-refractivity contribution in [2.75, 3.05) is 0 Å². The van der Waals surface area contributed by atoms with Crippen molar-refractivity contribution < 1.29 is 0 Å². The van der Waals surface area contributed by atoms with Crippen LogP contribution in [0.2, 0.25) is 0 Å². The third kappa shape index (κ3) is 3.23. The van der Waals surface area contributed by atoms with Gasteiger partial charge in [0.15, 0.2) is 0 Å². The van der Waals surface area contributed by atoms with Crippen LogP contribution in [-0.4, -0.2) is 12.1 Å². The Balaban J connectivity index is 1.77. The SMILES string of the molecule is CC1CCCCC1NC1CCC(C)(C)CC1. The lowest BCUT2D eigenvalue weighted by atomic mass is 9.75. The van der Waals surface area contributed by atoms with Gasteiger partial charge in [0.2, 0.25) is 0 Å². The molecular formula is C15H29N. The number of hydrogen-bond acceptors (Lipinski definition) is 1. The lowest BCUT2D eigenvalue weighted by Gasteiger charge is -2.39. The highest BCUT2D eigenvalue weighted by Crippen LogP contribution is 2.36. The van der Waals surface area contributed by atoms with Gasteiger partial charge >= 0.3 is 0 Å². The summed E-state index contributed by atoms with van der Waals surface area (Å²) in [5.41, 5.74) is 0.608. The Bertz CT molecular complexity index is 211. The Morgan fingerprint density at radius 2 is 1.56 bits per heavy atom. The van der Waals surface area contributed by atoms with Crippen molar-refractivity contribution in [3.8, 4) is 0 Å². The molecule has 0 radical (unpaired) electrons. The molecular weight excluding hydrogens is 194 g/mol. The van der Waals surface area contributed by atoms with Gasteiger partial charge in [-0.1, -0.05) is 33.6 Å². The lowest BCUT2D eigenvalue weighted by Crippen LogP contribution is -2.45. The van der Waals surface area contributed by atoms with Gasteiger partial charge in [-0.15, -0.1) is 0 Å². The van der Waals surface area contributed by atoms with Crippen molar-refractivity contribution in [1.29, 1.82) is 0 Å². The molecule has 2 atom stereocenters. The molecule has 2 aliphatic carbocycles. The van der Waals surface area contributed by atoms with E-state index in [1.54, 1.807) is 0 Å². The van der Waals surface area contributed by atoms with E-state index in [2.05, 4.69) is 26.1 Å². The van der Waals surface area contributed by atoms with Crippen LogP contribution in [0.5, 0.6) is 0 Å². The summed E-state index contributed by atoms with van der Waals surface area (Å²) in [6, 6.07) is 1.64. The minimum Gasteiger partial charge on any atom is -0.311 e. The van der Waals surface area contributed by atoms with Crippen molar-refractivity contribution in [1.82, 2.24) is 5.32 Å². The van der Waals surface area contributed by atoms with Crippen LogP contribution in [0.25, 0.3) is 0 Å². The topological polar surface area (TPSA) is 12.0 Å². The fourth-order valence-corrected chi connectivity index (χ4v) is 3.43. The highest BCUT2D eigenvalue weighted by molar-refractivity contribution is 4.86. The molecule has 0 aromatic heterocycles. The van der Waals surface area contributed by atoms with Crippen molar-refractivity contribution >= 4 is 0 Å². The fraction of sp³-hybridized carbons (Fsp3) is 1.00. The van der Waals surface area contributed by atoms with Gasteiger partial charge in [0.1, 0.15) is 0 Å². The van der Waals surface area contributed by atoms with E-state index < -0.39 is 0 Å². The van der Waals surface area contributed by atoms with Crippen LogP contribution in [0.1, 0.15) is 72.1 Å². The van der Waals surface area contributed by atoms with Crippen LogP contribution >= 0.6 is 0 Å². The van der Waals surface area contributed by atoms with E-state index in [1.165, 1.54) is 51.4 Å². The molecule has 1 nitrogen and oxygen atoms in total. The molecule has 16 heavy (non-hydrogen) atoms. The fourth-order valence-electron chi connectivity index (χ4n) is 3.43. The first-order chi connectivity index (χ1) is 7.57. The monoisotopic (exact) mass is 223 g/mol. The second-order valence-electron chi connectivity index (χ2n) is 6.97. The third-order valence-electron chi connectivity index (χ3n) is 4.90. The summed E-state index contributed by atoms with van der Waals surface area (Å²) in [6.07, 6.45) is 11.4. The normalized spacial score (nSPS) is 36.2. The van der Waals surface area contributed by atoms with Gasteiger partial charge in [-0.25, -0.2) is 0 Å². The van der Waals surface area contributed by atoms with Crippen molar-refractivity contribution in [3.63, 3.8) is 0 Å². The number of rotatable bonds is 2. The van der Waals surface area contributed by atoms with Crippen LogP contribution in [-0.2, 0) is 0 Å². The summed E-state index contributed by atoms with van der Waals surface area (Å²) in [5, 5.41) is 3.95. The summed E-state index contributed by atoms with van der Waals surface area (Å²) in [5.74, 6) is 0.906. The standard InChI is InChI=1S/C15H29N/c1-12-6-4-5-7-14(12)16-13-8-10-15(2,3)11-9-13/h12-14,16H,4-11H2,1-3H3. The average molecular weight is 223 g/mol. The quantitative estimate of drug-likeness (QED) is 0.742. The molecule has 0 heterocycles. The molecule has 0 spiro atoms. The molecule has 2 saturated carbocycles. The first-order valence-electron chi connectivity index (χ1n) is 7.33. The van der Waals surface area contributed by atoms with Gasteiger partial charge < -0.3 is 5.32 Å². The molecule has 0 aromatic rings. The van der Waals surface area contributed by atoms with Crippen LogP contribution in [0.4, 0.5) is 0 Å². The molecule has 2 aliphatic rings.